The summed E-state index contributed by atoms with van der Waals surface area (Å²) in [5.74, 6) is 0.0879. The Morgan fingerprint density at radius 1 is 1.00 bits per heavy atom. The van der Waals surface area contributed by atoms with Gasteiger partial charge in [0.15, 0.2) is 0 Å². The quantitative estimate of drug-likeness (QED) is 0.761. The summed E-state index contributed by atoms with van der Waals surface area (Å²) in [5.41, 5.74) is 1.27. The van der Waals surface area contributed by atoms with Crippen LogP contribution in [0.15, 0.2) is 30.3 Å². The highest BCUT2D eigenvalue weighted by Crippen LogP contribution is 2.11. The van der Waals surface area contributed by atoms with E-state index in [2.05, 4.69) is 22.3 Å². The summed E-state index contributed by atoms with van der Waals surface area (Å²) >= 11 is 0. The van der Waals surface area contributed by atoms with Crippen molar-refractivity contribution in [1.29, 1.82) is 0 Å². The van der Waals surface area contributed by atoms with Crippen LogP contribution >= 0.6 is 0 Å². The normalized spacial score (nSPS) is 22.2. The molecule has 0 aliphatic carbocycles. The average molecular weight is 407 g/mol. The summed E-state index contributed by atoms with van der Waals surface area (Å²) in [4.78, 5) is 28.5. The van der Waals surface area contributed by atoms with Gasteiger partial charge < -0.3 is 24.6 Å². The summed E-state index contributed by atoms with van der Waals surface area (Å²) in [6, 6.07) is 10.3. The molecule has 2 unspecified atom stereocenters. The molecule has 8 nitrogen and oxygen atoms in total. The van der Waals surface area contributed by atoms with E-state index in [-0.39, 0.29) is 24.0 Å². The largest absolute Gasteiger partial charge is 0.366 e. The van der Waals surface area contributed by atoms with E-state index in [1.54, 1.807) is 38.0 Å². The highest BCUT2D eigenvalue weighted by atomic mass is 16.5. The number of morpholine rings is 2. The average Bonchev–Trinajstić information content (AvgIpc) is 2.74. The lowest BCUT2D eigenvalue weighted by Gasteiger charge is -2.33. The lowest BCUT2D eigenvalue weighted by atomic mass is 10.2. The molecule has 2 atom stereocenters. The van der Waals surface area contributed by atoms with E-state index >= 15 is 0 Å². The standard InChI is InChI=1S/C14H20N2O2.C7H14N2O2/c1-15(2)14(17)13-11-16(8-9-18-13)10-12-6-4-3-5-7-12;1-9(2)7(10)6-5-8-3-4-11-6/h3-7,13H,8-11H2,1-2H3;6,8H,3-5H2,1-2H3. The molecule has 2 aliphatic rings. The molecule has 8 heteroatoms. The molecule has 29 heavy (non-hydrogen) atoms. The molecular formula is C21H34N4O4. The monoisotopic (exact) mass is 406 g/mol. The molecule has 0 aromatic heterocycles. The second-order valence-corrected chi connectivity index (χ2v) is 7.61. The van der Waals surface area contributed by atoms with E-state index in [9.17, 15) is 9.59 Å². The Morgan fingerprint density at radius 3 is 2.21 bits per heavy atom. The number of likely N-dealkylation sites (N-methyl/N-ethyl adjacent to an activating group) is 2. The van der Waals surface area contributed by atoms with E-state index < -0.39 is 0 Å². The number of rotatable bonds is 4. The van der Waals surface area contributed by atoms with Gasteiger partial charge in [-0.15, -0.1) is 0 Å². The fraction of sp³-hybridized carbons (Fsp3) is 0.619. The molecule has 162 valence electrons. The smallest absolute Gasteiger partial charge is 0.252 e. The first-order valence-corrected chi connectivity index (χ1v) is 10.0. The number of carbonyl (C=O) groups is 2. The van der Waals surface area contributed by atoms with Crippen LogP contribution in [-0.4, -0.2) is 106 Å². The van der Waals surface area contributed by atoms with Crippen LogP contribution in [0, 0.1) is 0 Å². The summed E-state index contributed by atoms with van der Waals surface area (Å²) in [6.45, 7) is 5.16. The van der Waals surface area contributed by atoms with Crippen LogP contribution in [0.5, 0.6) is 0 Å². The number of nitrogens with zero attached hydrogens (tertiary/aromatic N) is 3. The third-order valence-corrected chi connectivity index (χ3v) is 4.76. The van der Waals surface area contributed by atoms with E-state index in [4.69, 9.17) is 9.47 Å². The van der Waals surface area contributed by atoms with Gasteiger partial charge in [0.25, 0.3) is 11.8 Å². The maximum atomic E-state index is 11.9. The Labute approximate surface area is 173 Å². The lowest BCUT2D eigenvalue weighted by Crippen LogP contribution is -2.49. The van der Waals surface area contributed by atoms with Crippen molar-refractivity contribution in [2.75, 3.05) is 67.6 Å². The third-order valence-electron chi connectivity index (χ3n) is 4.76. The first kappa shape index (κ1) is 23.3. The van der Waals surface area contributed by atoms with Gasteiger partial charge in [0, 0.05) is 60.9 Å². The molecule has 2 aliphatic heterocycles. The second-order valence-electron chi connectivity index (χ2n) is 7.61. The molecule has 2 amide bonds. The predicted octanol–water partition coefficient (Wildman–Crippen LogP) is 0.0386. The predicted molar refractivity (Wildman–Crippen MR) is 111 cm³/mol. The second kappa shape index (κ2) is 11.9. The molecule has 1 aromatic rings. The van der Waals surface area contributed by atoms with Crippen LogP contribution in [0.2, 0.25) is 0 Å². The van der Waals surface area contributed by atoms with Gasteiger partial charge in [0.2, 0.25) is 0 Å². The zero-order valence-corrected chi connectivity index (χ0v) is 18.0. The van der Waals surface area contributed by atoms with Crippen molar-refractivity contribution in [1.82, 2.24) is 20.0 Å². The van der Waals surface area contributed by atoms with Crippen molar-refractivity contribution in [3.05, 3.63) is 35.9 Å². The highest BCUT2D eigenvalue weighted by Gasteiger charge is 2.27. The highest BCUT2D eigenvalue weighted by molar-refractivity contribution is 5.81. The summed E-state index contributed by atoms with van der Waals surface area (Å²) in [7, 11) is 7.00. The van der Waals surface area contributed by atoms with Crippen molar-refractivity contribution in [3.8, 4) is 0 Å². The minimum atomic E-state index is -0.322. The number of benzene rings is 1. The minimum Gasteiger partial charge on any atom is -0.366 e. The lowest BCUT2D eigenvalue weighted by molar-refractivity contribution is -0.147. The molecule has 1 aromatic carbocycles. The van der Waals surface area contributed by atoms with Crippen molar-refractivity contribution >= 4 is 11.8 Å². The van der Waals surface area contributed by atoms with Gasteiger partial charge in [-0.2, -0.15) is 0 Å². The topological polar surface area (TPSA) is 74.4 Å². The zero-order valence-electron chi connectivity index (χ0n) is 18.0. The summed E-state index contributed by atoms with van der Waals surface area (Å²) in [6.07, 6.45) is -0.601. The number of ether oxygens (including phenoxy) is 2. The zero-order chi connectivity index (χ0) is 21.2. The SMILES string of the molecule is CN(C)C(=O)C1CN(Cc2ccccc2)CCO1.CN(C)C(=O)C1CNCCO1. The van der Waals surface area contributed by atoms with Gasteiger partial charge in [-0.1, -0.05) is 30.3 Å². The summed E-state index contributed by atoms with van der Waals surface area (Å²) in [5, 5.41) is 3.10. The van der Waals surface area contributed by atoms with Crippen LogP contribution in [0.3, 0.4) is 0 Å². The Kier molecular flexibility index (Phi) is 9.53. The van der Waals surface area contributed by atoms with Crippen LogP contribution in [0.4, 0.5) is 0 Å². The Morgan fingerprint density at radius 2 is 1.62 bits per heavy atom. The minimum absolute atomic E-state index is 0.0391. The van der Waals surface area contributed by atoms with E-state index in [0.29, 0.717) is 26.3 Å². The van der Waals surface area contributed by atoms with Gasteiger partial charge in [-0.3, -0.25) is 14.5 Å². The van der Waals surface area contributed by atoms with E-state index in [0.717, 1.165) is 19.6 Å². The van der Waals surface area contributed by atoms with Crippen LogP contribution in [0.1, 0.15) is 5.56 Å². The molecule has 0 radical (unpaired) electrons. The fourth-order valence-electron chi connectivity index (χ4n) is 3.14. The number of nitrogens with one attached hydrogen (secondary N) is 1. The van der Waals surface area contributed by atoms with Gasteiger partial charge >= 0.3 is 0 Å². The van der Waals surface area contributed by atoms with Gasteiger partial charge in [0.05, 0.1) is 13.2 Å². The van der Waals surface area contributed by atoms with E-state index in [1.165, 1.54) is 5.56 Å². The fourth-order valence-corrected chi connectivity index (χ4v) is 3.14. The maximum absolute atomic E-state index is 11.9. The number of carbonyl (C=O) groups excluding carboxylic acids is 2. The van der Waals surface area contributed by atoms with Crippen LogP contribution in [-0.2, 0) is 25.6 Å². The van der Waals surface area contributed by atoms with Gasteiger partial charge in [-0.05, 0) is 5.56 Å². The number of hydrogen-bond donors (Lipinski definition) is 1. The Bertz CT molecular complexity index is 633. The first-order chi connectivity index (χ1) is 13.9. The molecule has 2 saturated heterocycles. The van der Waals surface area contributed by atoms with Gasteiger partial charge in [0.1, 0.15) is 12.2 Å². The molecule has 2 fully saturated rings. The van der Waals surface area contributed by atoms with Crippen LogP contribution < -0.4 is 5.32 Å². The van der Waals surface area contributed by atoms with E-state index in [1.807, 2.05) is 18.2 Å². The molecule has 1 N–H and O–H groups in total. The maximum Gasteiger partial charge on any atom is 0.252 e. The molecule has 3 rings (SSSR count). The van der Waals surface area contributed by atoms with Crippen molar-refractivity contribution in [3.63, 3.8) is 0 Å². The van der Waals surface area contributed by atoms with Crippen molar-refractivity contribution in [2.24, 2.45) is 0 Å². The molecular weight excluding hydrogens is 372 g/mol. The van der Waals surface area contributed by atoms with Crippen molar-refractivity contribution in [2.45, 2.75) is 18.8 Å². The first-order valence-electron chi connectivity index (χ1n) is 10.0. The number of hydrogen-bond acceptors (Lipinski definition) is 6. The Hall–Kier alpha value is -2.00. The summed E-state index contributed by atoms with van der Waals surface area (Å²) < 4.78 is 10.8. The van der Waals surface area contributed by atoms with Crippen molar-refractivity contribution < 1.29 is 19.1 Å². The molecule has 2 heterocycles. The van der Waals surface area contributed by atoms with Crippen LogP contribution in [0.25, 0.3) is 0 Å². The third kappa shape index (κ3) is 7.74. The van der Waals surface area contributed by atoms with Gasteiger partial charge in [-0.25, -0.2) is 0 Å². The molecule has 0 spiro atoms. The number of amides is 2. The molecule has 0 bridgehead atoms. The Balaban J connectivity index is 0.000000234. The molecule has 0 saturated carbocycles.